The van der Waals surface area contributed by atoms with Gasteiger partial charge in [-0.05, 0) is 23.3 Å². The van der Waals surface area contributed by atoms with Crippen LogP contribution in [0.25, 0.3) is 0 Å². The van der Waals surface area contributed by atoms with Crippen LogP contribution in [0.3, 0.4) is 0 Å². The van der Waals surface area contributed by atoms with Crippen LogP contribution in [-0.2, 0) is 22.4 Å². The predicted molar refractivity (Wildman–Crippen MR) is 93.4 cm³/mol. The second kappa shape index (κ2) is 7.92. The van der Waals surface area contributed by atoms with Gasteiger partial charge in [-0.15, -0.1) is 0 Å². The van der Waals surface area contributed by atoms with Crippen molar-refractivity contribution in [2.24, 2.45) is 0 Å². The Morgan fingerprint density at radius 2 is 1.16 bits per heavy atom. The molecule has 5 heteroatoms. The van der Waals surface area contributed by atoms with E-state index in [4.69, 9.17) is 0 Å². The molecule has 0 aliphatic carbocycles. The van der Waals surface area contributed by atoms with E-state index in [2.05, 4.69) is 0 Å². The summed E-state index contributed by atoms with van der Waals surface area (Å²) in [4.78, 5) is 28.3. The summed E-state index contributed by atoms with van der Waals surface area (Å²) in [6, 6.07) is 15.7. The summed E-state index contributed by atoms with van der Waals surface area (Å²) in [7, 11) is 0. The molecule has 0 N–H and O–H groups in total. The van der Waals surface area contributed by atoms with Gasteiger partial charge in [-0.2, -0.15) is 0 Å². The highest BCUT2D eigenvalue weighted by atomic mass is 19.1. The molecule has 0 atom stereocenters. The molecule has 0 radical (unpaired) electrons. The predicted octanol–water partition coefficient (Wildman–Crippen LogP) is 2.28. The van der Waals surface area contributed by atoms with Crippen molar-refractivity contribution in [1.29, 1.82) is 0 Å². The Kier molecular flexibility index (Phi) is 5.43. The van der Waals surface area contributed by atoms with Crippen molar-refractivity contribution >= 4 is 11.8 Å². The number of carbonyl (C=O) groups excluding carboxylic acids is 2. The number of halogens is 1. The van der Waals surface area contributed by atoms with Crippen molar-refractivity contribution in [3.63, 3.8) is 0 Å². The first-order valence-corrected chi connectivity index (χ1v) is 8.46. The zero-order valence-electron chi connectivity index (χ0n) is 14.0. The number of carbonyl (C=O) groups is 2. The van der Waals surface area contributed by atoms with Crippen LogP contribution < -0.4 is 0 Å². The van der Waals surface area contributed by atoms with Crippen molar-refractivity contribution in [2.75, 3.05) is 26.2 Å². The third-order valence-electron chi connectivity index (χ3n) is 4.45. The van der Waals surface area contributed by atoms with Gasteiger partial charge in [0.15, 0.2) is 0 Å². The van der Waals surface area contributed by atoms with Crippen LogP contribution in [0.4, 0.5) is 4.39 Å². The Labute approximate surface area is 146 Å². The van der Waals surface area contributed by atoms with E-state index in [1.807, 2.05) is 35.2 Å². The van der Waals surface area contributed by atoms with Crippen LogP contribution in [0.5, 0.6) is 0 Å². The third kappa shape index (κ3) is 4.66. The highest BCUT2D eigenvalue weighted by Gasteiger charge is 2.24. The quantitative estimate of drug-likeness (QED) is 0.857. The molecule has 0 unspecified atom stereocenters. The van der Waals surface area contributed by atoms with Crippen LogP contribution in [0.2, 0.25) is 0 Å². The highest BCUT2D eigenvalue weighted by Crippen LogP contribution is 2.10. The number of hydrogen-bond acceptors (Lipinski definition) is 2. The molecule has 1 aliphatic rings. The van der Waals surface area contributed by atoms with Gasteiger partial charge in [0.1, 0.15) is 5.82 Å². The topological polar surface area (TPSA) is 40.6 Å². The van der Waals surface area contributed by atoms with Gasteiger partial charge in [0.2, 0.25) is 11.8 Å². The maximum Gasteiger partial charge on any atom is 0.227 e. The molecule has 1 heterocycles. The molecule has 0 spiro atoms. The lowest BCUT2D eigenvalue weighted by atomic mass is 10.1. The molecule has 1 saturated heterocycles. The highest BCUT2D eigenvalue weighted by molar-refractivity contribution is 5.81. The summed E-state index contributed by atoms with van der Waals surface area (Å²) in [6.45, 7) is 2.20. The van der Waals surface area contributed by atoms with Crippen LogP contribution in [0, 0.1) is 5.82 Å². The molecule has 2 aromatic rings. The maximum atomic E-state index is 12.9. The zero-order valence-corrected chi connectivity index (χ0v) is 14.0. The fourth-order valence-corrected chi connectivity index (χ4v) is 2.98. The van der Waals surface area contributed by atoms with Gasteiger partial charge in [-0.25, -0.2) is 4.39 Å². The molecule has 0 saturated carbocycles. The molecule has 0 bridgehead atoms. The van der Waals surface area contributed by atoms with Crippen LogP contribution in [-0.4, -0.2) is 47.8 Å². The largest absolute Gasteiger partial charge is 0.339 e. The van der Waals surface area contributed by atoms with Crippen LogP contribution in [0.15, 0.2) is 54.6 Å². The number of rotatable bonds is 4. The van der Waals surface area contributed by atoms with Crippen molar-refractivity contribution in [3.05, 3.63) is 71.5 Å². The molecule has 3 rings (SSSR count). The minimum Gasteiger partial charge on any atom is -0.339 e. The Morgan fingerprint density at radius 3 is 1.64 bits per heavy atom. The fraction of sp³-hybridized carbons (Fsp3) is 0.300. The molecule has 25 heavy (non-hydrogen) atoms. The number of hydrogen-bond donors (Lipinski definition) is 0. The molecular formula is C20H21FN2O2. The summed E-state index contributed by atoms with van der Waals surface area (Å²) in [5.74, 6) is -0.194. The third-order valence-corrected chi connectivity index (χ3v) is 4.45. The van der Waals surface area contributed by atoms with E-state index in [0.717, 1.165) is 11.1 Å². The lowest BCUT2D eigenvalue weighted by Crippen LogP contribution is -2.51. The minimum absolute atomic E-state index is 0.0155. The first-order chi connectivity index (χ1) is 12.1. The zero-order chi connectivity index (χ0) is 17.6. The summed E-state index contributed by atoms with van der Waals surface area (Å²) in [5.41, 5.74) is 1.80. The van der Waals surface area contributed by atoms with Crippen molar-refractivity contribution < 1.29 is 14.0 Å². The lowest BCUT2D eigenvalue weighted by Gasteiger charge is -2.35. The Morgan fingerprint density at radius 1 is 0.720 bits per heavy atom. The summed E-state index contributed by atoms with van der Waals surface area (Å²) in [6.07, 6.45) is 0.655. The van der Waals surface area contributed by atoms with Crippen LogP contribution in [0.1, 0.15) is 11.1 Å². The van der Waals surface area contributed by atoms with Gasteiger partial charge >= 0.3 is 0 Å². The lowest BCUT2D eigenvalue weighted by molar-refractivity contribution is -0.138. The van der Waals surface area contributed by atoms with Crippen LogP contribution >= 0.6 is 0 Å². The average Bonchev–Trinajstić information content (AvgIpc) is 2.64. The second-order valence-electron chi connectivity index (χ2n) is 6.23. The molecule has 130 valence electrons. The number of benzene rings is 2. The van der Waals surface area contributed by atoms with Gasteiger partial charge in [-0.1, -0.05) is 42.5 Å². The second-order valence-corrected chi connectivity index (χ2v) is 6.23. The van der Waals surface area contributed by atoms with E-state index in [1.165, 1.54) is 12.1 Å². The molecule has 0 aromatic heterocycles. The van der Waals surface area contributed by atoms with Gasteiger partial charge in [0.05, 0.1) is 12.8 Å². The van der Waals surface area contributed by atoms with Gasteiger partial charge < -0.3 is 9.80 Å². The van der Waals surface area contributed by atoms with E-state index in [1.54, 1.807) is 17.0 Å². The number of piperazine rings is 1. The first-order valence-electron chi connectivity index (χ1n) is 8.46. The smallest absolute Gasteiger partial charge is 0.227 e. The SMILES string of the molecule is O=C(Cc1ccccc1)N1CCN(C(=O)Cc2ccc(F)cc2)CC1. The van der Waals surface area contributed by atoms with E-state index in [0.29, 0.717) is 32.6 Å². The molecule has 2 amide bonds. The molecule has 1 fully saturated rings. The molecule has 1 aliphatic heterocycles. The molecular weight excluding hydrogens is 319 g/mol. The Bertz CT molecular complexity index is 723. The monoisotopic (exact) mass is 340 g/mol. The Balaban J connectivity index is 1.48. The van der Waals surface area contributed by atoms with Gasteiger partial charge in [-0.3, -0.25) is 9.59 Å². The van der Waals surface area contributed by atoms with Crippen molar-refractivity contribution in [2.45, 2.75) is 12.8 Å². The number of amides is 2. The van der Waals surface area contributed by atoms with E-state index in [-0.39, 0.29) is 24.1 Å². The summed E-state index contributed by atoms with van der Waals surface area (Å²) in [5, 5.41) is 0. The summed E-state index contributed by atoms with van der Waals surface area (Å²) >= 11 is 0. The maximum absolute atomic E-state index is 12.9. The van der Waals surface area contributed by atoms with E-state index >= 15 is 0 Å². The molecule has 2 aromatic carbocycles. The minimum atomic E-state index is -0.304. The average molecular weight is 340 g/mol. The standard InChI is InChI=1S/C20H21FN2O2/c21-18-8-6-17(7-9-18)15-20(25)23-12-10-22(11-13-23)19(24)14-16-4-2-1-3-5-16/h1-9H,10-15H2. The van der Waals surface area contributed by atoms with E-state index < -0.39 is 0 Å². The van der Waals surface area contributed by atoms with Crippen molar-refractivity contribution in [3.8, 4) is 0 Å². The van der Waals surface area contributed by atoms with Gasteiger partial charge in [0.25, 0.3) is 0 Å². The normalized spacial score (nSPS) is 14.4. The fourth-order valence-electron chi connectivity index (χ4n) is 2.98. The van der Waals surface area contributed by atoms with Gasteiger partial charge in [0, 0.05) is 26.2 Å². The molecule has 4 nitrogen and oxygen atoms in total. The number of nitrogens with zero attached hydrogens (tertiary/aromatic N) is 2. The Hall–Kier alpha value is -2.69. The first kappa shape index (κ1) is 17.1. The summed E-state index contributed by atoms with van der Waals surface area (Å²) < 4.78 is 12.9. The van der Waals surface area contributed by atoms with Crippen molar-refractivity contribution in [1.82, 2.24) is 9.80 Å². The van der Waals surface area contributed by atoms with E-state index in [9.17, 15) is 14.0 Å².